The highest BCUT2D eigenvalue weighted by Crippen LogP contribution is 2.14. The number of aromatic nitrogens is 2. The third-order valence-electron chi connectivity index (χ3n) is 1.64. The largest absolute Gasteiger partial charge is 0.490 e. The Morgan fingerprint density at radius 3 is 2.24 bits per heavy atom. The number of methoxy groups -OCH3 is 1. The Balaban J connectivity index is 0.000000325. The van der Waals surface area contributed by atoms with Crippen LogP contribution in [0.3, 0.4) is 0 Å². The van der Waals surface area contributed by atoms with Crippen molar-refractivity contribution >= 4 is 5.97 Å². The lowest BCUT2D eigenvalue weighted by Gasteiger charge is -1.94. The molecule has 0 saturated heterocycles. The number of alkyl halides is 3. The highest BCUT2D eigenvalue weighted by molar-refractivity contribution is 5.73. The fourth-order valence-corrected chi connectivity index (χ4v) is 0.926. The van der Waals surface area contributed by atoms with Crippen LogP contribution in [-0.2, 0) is 11.2 Å². The number of carboxylic acids is 1. The number of aryl methyl sites for hydroxylation is 2. The van der Waals surface area contributed by atoms with E-state index in [1.807, 2.05) is 6.92 Å². The molecule has 98 valence electrons. The third kappa shape index (κ3) is 5.23. The Kier molecular flexibility index (Phi) is 5.49. The van der Waals surface area contributed by atoms with E-state index in [1.165, 1.54) is 0 Å². The number of nitrogens with one attached hydrogen (secondary N) is 1. The molecule has 0 atom stereocenters. The molecule has 17 heavy (non-hydrogen) atoms. The van der Waals surface area contributed by atoms with Gasteiger partial charge in [-0.05, 0) is 13.3 Å². The molecular formula is C9H13F3N2O3. The number of rotatable bonds is 2. The van der Waals surface area contributed by atoms with E-state index in [9.17, 15) is 13.2 Å². The van der Waals surface area contributed by atoms with Crippen LogP contribution in [0.4, 0.5) is 13.2 Å². The van der Waals surface area contributed by atoms with Gasteiger partial charge in [-0.3, -0.25) is 0 Å². The molecule has 0 saturated carbocycles. The van der Waals surface area contributed by atoms with Crippen molar-refractivity contribution in [3.8, 4) is 5.88 Å². The van der Waals surface area contributed by atoms with Crippen LogP contribution in [0.1, 0.15) is 18.4 Å². The van der Waals surface area contributed by atoms with Gasteiger partial charge in [0.05, 0.1) is 7.11 Å². The first-order chi connectivity index (χ1) is 7.72. The van der Waals surface area contributed by atoms with E-state index in [4.69, 9.17) is 14.6 Å². The van der Waals surface area contributed by atoms with E-state index in [0.29, 0.717) is 0 Å². The summed E-state index contributed by atoms with van der Waals surface area (Å²) in [5.41, 5.74) is 1.00. The van der Waals surface area contributed by atoms with Crippen molar-refractivity contribution in [2.24, 2.45) is 0 Å². The fraction of sp³-hybridized carbons (Fsp3) is 0.556. The van der Waals surface area contributed by atoms with E-state index in [0.717, 1.165) is 23.8 Å². The van der Waals surface area contributed by atoms with Crippen LogP contribution in [0, 0.1) is 6.92 Å². The van der Waals surface area contributed by atoms with Crippen LogP contribution in [0.15, 0.2) is 0 Å². The summed E-state index contributed by atoms with van der Waals surface area (Å²) in [4.78, 5) is 16.1. The maximum absolute atomic E-state index is 10.6. The Bertz CT molecular complexity index is 353. The topological polar surface area (TPSA) is 75.2 Å². The predicted molar refractivity (Wildman–Crippen MR) is 52.9 cm³/mol. The summed E-state index contributed by atoms with van der Waals surface area (Å²) in [6.07, 6.45) is -4.17. The van der Waals surface area contributed by atoms with Gasteiger partial charge in [-0.1, -0.05) is 6.92 Å². The van der Waals surface area contributed by atoms with Gasteiger partial charge in [0.2, 0.25) is 5.88 Å². The number of halogens is 3. The SMILES string of the molecule is CCc1nc(C)[nH]c1OC.O=C(O)C(F)(F)F. The van der Waals surface area contributed by atoms with Crippen molar-refractivity contribution < 1.29 is 27.8 Å². The smallest absolute Gasteiger partial charge is 0.481 e. The molecule has 0 fully saturated rings. The minimum atomic E-state index is -5.08. The second-order valence-electron chi connectivity index (χ2n) is 2.96. The number of nitrogens with zero attached hydrogens (tertiary/aromatic N) is 1. The van der Waals surface area contributed by atoms with Crippen LogP contribution >= 0.6 is 0 Å². The minimum absolute atomic E-state index is 0.792. The van der Waals surface area contributed by atoms with E-state index in [-0.39, 0.29) is 0 Å². The highest BCUT2D eigenvalue weighted by Gasteiger charge is 2.38. The van der Waals surface area contributed by atoms with E-state index < -0.39 is 12.1 Å². The number of imidazole rings is 1. The second-order valence-corrected chi connectivity index (χ2v) is 2.96. The molecule has 0 bridgehead atoms. The van der Waals surface area contributed by atoms with Gasteiger partial charge in [0.25, 0.3) is 0 Å². The first-order valence-corrected chi connectivity index (χ1v) is 4.61. The Labute approximate surface area is 95.6 Å². The normalized spacial score (nSPS) is 10.5. The van der Waals surface area contributed by atoms with Crippen molar-refractivity contribution in [2.75, 3.05) is 7.11 Å². The maximum atomic E-state index is 10.6. The fourth-order valence-electron chi connectivity index (χ4n) is 0.926. The van der Waals surface area contributed by atoms with Crippen molar-refractivity contribution in [1.29, 1.82) is 0 Å². The van der Waals surface area contributed by atoms with Gasteiger partial charge in [0.15, 0.2) is 0 Å². The highest BCUT2D eigenvalue weighted by atomic mass is 19.4. The molecular weight excluding hydrogens is 241 g/mol. The van der Waals surface area contributed by atoms with E-state index >= 15 is 0 Å². The quantitative estimate of drug-likeness (QED) is 0.845. The van der Waals surface area contributed by atoms with Gasteiger partial charge >= 0.3 is 12.1 Å². The molecule has 0 aliphatic heterocycles. The molecule has 0 spiro atoms. The number of carboxylic acid groups (broad SMARTS) is 1. The van der Waals surface area contributed by atoms with Crippen molar-refractivity contribution in [3.05, 3.63) is 11.5 Å². The molecule has 0 radical (unpaired) electrons. The first-order valence-electron chi connectivity index (χ1n) is 4.61. The molecule has 0 unspecified atom stereocenters. The monoisotopic (exact) mass is 254 g/mol. The number of hydrogen-bond donors (Lipinski definition) is 2. The molecule has 0 aromatic carbocycles. The Hall–Kier alpha value is -1.73. The molecule has 1 rings (SSSR count). The van der Waals surface area contributed by atoms with Crippen LogP contribution in [0.2, 0.25) is 0 Å². The second kappa shape index (κ2) is 6.12. The Morgan fingerprint density at radius 2 is 2.00 bits per heavy atom. The van der Waals surface area contributed by atoms with Crippen LogP contribution in [0.25, 0.3) is 0 Å². The molecule has 8 heteroatoms. The zero-order valence-electron chi connectivity index (χ0n) is 9.55. The summed E-state index contributed by atoms with van der Waals surface area (Å²) in [6, 6.07) is 0. The van der Waals surface area contributed by atoms with Gasteiger partial charge < -0.3 is 14.8 Å². The number of aromatic amines is 1. The molecule has 1 aromatic rings. The molecule has 2 N–H and O–H groups in total. The zero-order chi connectivity index (χ0) is 13.6. The van der Waals surface area contributed by atoms with Gasteiger partial charge in [-0.15, -0.1) is 0 Å². The van der Waals surface area contributed by atoms with Crippen LogP contribution in [0.5, 0.6) is 5.88 Å². The lowest BCUT2D eigenvalue weighted by molar-refractivity contribution is -0.192. The van der Waals surface area contributed by atoms with Crippen molar-refractivity contribution in [1.82, 2.24) is 9.97 Å². The molecule has 1 heterocycles. The van der Waals surface area contributed by atoms with Crippen molar-refractivity contribution in [2.45, 2.75) is 26.4 Å². The summed E-state index contributed by atoms with van der Waals surface area (Å²) >= 11 is 0. The van der Waals surface area contributed by atoms with Crippen molar-refractivity contribution in [3.63, 3.8) is 0 Å². The van der Waals surface area contributed by atoms with Gasteiger partial charge in [0, 0.05) is 0 Å². The molecule has 0 aliphatic carbocycles. The average molecular weight is 254 g/mol. The summed E-state index contributed by atoms with van der Waals surface area (Å²) in [7, 11) is 1.64. The lowest BCUT2D eigenvalue weighted by Crippen LogP contribution is -2.21. The lowest BCUT2D eigenvalue weighted by atomic mass is 10.4. The van der Waals surface area contributed by atoms with E-state index in [2.05, 4.69) is 16.9 Å². The standard InChI is InChI=1S/C7H12N2O.C2HF3O2/c1-4-6-7(10-3)9-5(2)8-6;3-2(4,5)1(6)7/h4H2,1-3H3,(H,8,9);(H,6,7). The number of H-pyrrole nitrogens is 1. The van der Waals surface area contributed by atoms with E-state index in [1.54, 1.807) is 7.11 Å². The minimum Gasteiger partial charge on any atom is -0.481 e. The Morgan fingerprint density at radius 1 is 1.53 bits per heavy atom. The maximum Gasteiger partial charge on any atom is 0.490 e. The average Bonchev–Trinajstić information content (AvgIpc) is 2.58. The van der Waals surface area contributed by atoms with Gasteiger partial charge in [-0.2, -0.15) is 13.2 Å². The predicted octanol–water partition coefficient (Wildman–Crippen LogP) is 1.92. The van der Waals surface area contributed by atoms with Gasteiger partial charge in [0.1, 0.15) is 11.5 Å². The van der Waals surface area contributed by atoms with Crippen LogP contribution < -0.4 is 4.74 Å². The first kappa shape index (κ1) is 15.3. The zero-order valence-corrected chi connectivity index (χ0v) is 9.55. The summed E-state index contributed by atoms with van der Waals surface area (Å²) in [5, 5.41) is 7.12. The number of carbonyl (C=O) groups is 1. The molecule has 5 nitrogen and oxygen atoms in total. The number of ether oxygens (including phenoxy) is 1. The number of aliphatic carboxylic acids is 1. The number of hydrogen-bond acceptors (Lipinski definition) is 3. The summed E-state index contributed by atoms with van der Waals surface area (Å²) in [5.74, 6) is -1.05. The molecule has 0 aliphatic rings. The van der Waals surface area contributed by atoms with Gasteiger partial charge in [-0.25, -0.2) is 9.78 Å². The summed E-state index contributed by atoms with van der Waals surface area (Å²) in [6.45, 7) is 3.97. The molecule has 0 amide bonds. The summed E-state index contributed by atoms with van der Waals surface area (Å²) < 4.78 is 36.8. The molecule has 1 aromatic heterocycles. The van der Waals surface area contributed by atoms with Crippen LogP contribution in [-0.4, -0.2) is 34.3 Å². The third-order valence-corrected chi connectivity index (χ3v) is 1.64.